The number of carbonyl (C=O) groups is 1. The van der Waals surface area contributed by atoms with Crippen LogP contribution in [0.4, 0.5) is 0 Å². The number of hydrogen-bond acceptors (Lipinski definition) is 3. The number of rotatable bonds is 2. The molecule has 1 rings (SSSR count). The third kappa shape index (κ3) is 2.32. The molecule has 0 amide bonds. The summed E-state index contributed by atoms with van der Waals surface area (Å²) in [6.45, 7) is 1.94. The first-order valence-electron chi connectivity index (χ1n) is 4.46. The van der Waals surface area contributed by atoms with E-state index in [0.29, 0.717) is 31.3 Å². The fourth-order valence-corrected chi connectivity index (χ4v) is 1.59. The van der Waals surface area contributed by atoms with Crippen molar-refractivity contribution in [2.75, 3.05) is 0 Å². The quantitative estimate of drug-likeness (QED) is 0.706. The molecular weight excluding hydrogens is 166 g/mol. The van der Waals surface area contributed by atoms with Crippen molar-refractivity contribution < 1.29 is 9.90 Å². The second kappa shape index (κ2) is 4.08. The third-order valence-electron chi connectivity index (χ3n) is 2.25. The van der Waals surface area contributed by atoms with Gasteiger partial charge in [0.05, 0.1) is 11.8 Å². The molecule has 13 heavy (non-hydrogen) atoms. The number of Topliss-reactive ketones (excluding diaryl/α,β-unsaturated/α-hetero) is 1. The highest BCUT2D eigenvalue weighted by Crippen LogP contribution is 2.27. The van der Waals surface area contributed by atoms with Crippen LogP contribution in [-0.2, 0) is 4.79 Å². The Morgan fingerprint density at radius 2 is 2.31 bits per heavy atom. The number of hydrogen-bond donors (Lipinski definition) is 1. The Balaban J connectivity index is 2.74. The molecular formula is C10H13NO2. The maximum absolute atomic E-state index is 11.4. The molecule has 0 aromatic rings. The van der Waals surface area contributed by atoms with E-state index in [0.717, 1.165) is 0 Å². The van der Waals surface area contributed by atoms with Crippen molar-refractivity contribution in [1.82, 2.24) is 0 Å². The maximum Gasteiger partial charge on any atom is 0.162 e. The molecule has 0 radical (unpaired) electrons. The van der Waals surface area contributed by atoms with Crippen LogP contribution in [0.2, 0.25) is 0 Å². The topological polar surface area (TPSA) is 61.1 Å². The van der Waals surface area contributed by atoms with Crippen LogP contribution >= 0.6 is 0 Å². The number of allylic oxidation sites excluding steroid dienone is 2. The molecule has 1 aliphatic rings. The standard InChI is InChI=1S/C10H13NO2/c1-7-5-9(12)8(3-2-4-11)10(13)6-7/h7,12H,2-3,5-6H2,1H3. The Morgan fingerprint density at radius 1 is 1.62 bits per heavy atom. The van der Waals surface area contributed by atoms with Gasteiger partial charge in [0.25, 0.3) is 0 Å². The van der Waals surface area contributed by atoms with E-state index in [9.17, 15) is 9.90 Å². The van der Waals surface area contributed by atoms with Crippen molar-refractivity contribution in [3.05, 3.63) is 11.3 Å². The van der Waals surface area contributed by atoms with Gasteiger partial charge in [0.15, 0.2) is 5.78 Å². The summed E-state index contributed by atoms with van der Waals surface area (Å²) in [6, 6.07) is 1.97. The van der Waals surface area contributed by atoms with E-state index >= 15 is 0 Å². The van der Waals surface area contributed by atoms with Crippen LogP contribution < -0.4 is 0 Å². The lowest BCUT2D eigenvalue weighted by Gasteiger charge is -2.19. The predicted molar refractivity (Wildman–Crippen MR) is 47.9 cm³/mol. The van der Waals surface area contributed by atoms with Crippen LogP contribution in [0, 0.1) is 17.2 Å². The van der Waals surface area contributed by atoms with Crippen molar-refractivity contribution in [3.63, 3.8) is 0 Å². The first kappa shape index (κ1) is 9.79. The van der Waals surface area contributed by atoms with Crippen LogP contribution in [0.25, 0.3) is 0 Å². The van der Waals surface area contributed by atoms with Crippen molar-refractivity contribution in [3.8, 4) is 6.07 Å². The lowest BCUT2D eigenvalue weighted by Crippen LogP contribution is -2.17. The number of aliphatic hydroxyl groups excluding tert-OH is 1. The molecule has 0 saturated carbocycles. The molecule has 0 bridgehead atoms. The minimum Gasteiger partial charge on any atom is -0.512 e. The monoisotopic (exact) mass is 179 g/mol. The largest absolute Gasteiger partial charge is 0.512 e. The van der Waals surface area contributed by atoms with Crippen molar-refractivity contribution in [1.29, 1.82) is 5.26 Å². The number of ketones is 1. The summed E-state index contributed by atoms with van der Waals surface area (Å²) in [5.41, 5.74) is 0.472. The third-order valence-corrected chi connectivity index (χ3v) is 2.25. The van der Waals surface area contributed by atoms with Crippen LogP contribution in [0.1, 0.15) is 32.6 Å². The number of nitrogens with zero attached hydrogens (tertiary/aromatic N) is 1. The molecule has 0 heterocycles. The molecule has 0 spiro atoms. The fraction of sp³-hybridized carbons (Fsp3) is 0.600. The van der Waals surface area contributed by atoms with Gasteiger partial charge in [-0.3, -0.25) is 4.79 Å². The highest BCUT2D eigenvalue weighted by Gasteiger charge is 2.24. The van der Waals surface area contributed by atoms with Crippen molar-refractivity contribution in [2.45, 2.75) is 32.6 Å². The van der Waals surface area contributed by atoms with Crippen LogP contribution in [0.3, 0.4) is 0 Å². The van der Waals surface area contributed by atoms with Gasteiger partial charge in [-0.05, 0) is 12.3 Å². The van der Waals surface area contributed by atoms with Gasteiger partial charge >= 0.3 is 0 Å². The van der Waals surface area contributed by atoms with E-state index in [2.05, 4.69) is 0 Å². The summed E-state index contributed by atoms with van der Waals surface area (Å²) in [7, 11) is 0. The highest BCUT2D eigenvalue weighted by molar-refractivity contribution is 5.96. The van der Waals surface area contributed by atoms with Crippen LogP contribution in [0.5, 0.6) is 0 Å². The molecule has 0 aromatic heterocycles. The molecule has 0 aromatic carbocycles. The average Bonchev–Trinajstić information content (AvgIpc) is 2.02. The van der Waals surface area contributed by atoms with Crippen LogP contribution in [0.15, 0.2) is 11.3 Å². The Hall–Kier alpha value is -1.30. The van der Waals surface area contributed by atoms with Gasteiger partial charge in [-0.2, -0.15) is 5.26 Å². The minimum atomic E-state index is 0.00602. The van der Waals surface area contributed by atoms with E-state index in [1.165, 1.54) is 0 Å². The summed E-state index contributed by atoms with van der Waals surface area (Å²) in [4.78, 5) is 11.4. The molecule has 0 fully saturated rings. The number of nitriles is 1. The molecule has 1 unspecified atom stereocenters. The Bertz CT molecular complexity index is 286. The highest BCUT2D eigenvalue weighted by atomic mass is 16.3. The maximum atomic E-state index is 11.4. The SMILES string of the molecule is CC1CC(=O)C(CCC#N)=C(O)C1. The second-order valence-corrected chi connectivity index (χ2v) is 3.52. The molecule has 1 aliphatic carbocycles. The van der Waals surface area contributed by atoms with Gasteiger partial charge in [0.1, 0.15) is 0 Å². The zero-order valence-electron chi connectivity index (χ0n) is 7.71. The zero-order valence-corrected chi connectivity index (χ0v) is 7.71. The summed E-state index contributed by atoms with van der Waals surface area (Å²) < 4.78 is 0. The fourth-order valence-electron chi connectivity index (χ4n) is 1.59. The first-order chi connectivity index (χ1) is 6.15. The van der Waals surface area contributed by atoms with Crippen molar-refractivity contribution in [2.24, 2.45) is 5.92 Å². The molecule has 1 N–H and O–H groups in total. The zero-order chi connectivity index (χ0) is 9.84. The minimum absolute atomic E-state index is 0.00602. The van der Waals surface area contributed by atoms with E-state index in [-0.39, 0.29) is 17.5 Å². The van der Waals surface area contributed by atoms with Gasteiger partial charge in [0, 0.05) is 24.8 Å². The number of aliphatic hydroxyl groups is 1. The van der Waals surface area contributed by atoms with Gasteiger partial charge in [-0.15, -0.1) is 0 Å². The van der Waals surface area contributed by atoms with Crippen molar-refractivity contribution >= 4 is 5.78 Å². The van der Waals surface area contributed by atoms with Gasteiger partial charge in [-0.25, -0.2) is 0 Å². The normalized spacial score (nSPS) is 23.1. The first-order valence-corrected chi connectivity index (χ1v) is 4.46. The van der Waals surface area contributed by atoms with Gasteiger partial charge in [-0.1, -0.05) is 6.92 Å². The summed E-state index contributed by atoms with van der Waals surface area (Å²) in [6.07, 6.45) is 1.78. The lowest BCUT2D eigenvalue weighted by molar-refractivity contribution is -0.117. The lowest BCUT2D eigenvalue weighted by atomic mass is 9.86. The van der Waals surface area contributed by atoms with Gasteiger partial charge in [0.2, 0.25) is 0 Å². The summed E-state index contributed by atoms with van der Waals surface area (Å²) >= 11 is 0. The van der Waals surface area contributed by atoms with E-state index in [1.54, 1.807) is 0 Å². The summed E-state index contributed by atoms with van der Waals surface area (Å²) in [5.74, 6) is 0.434. The molecule has 1 atom stereocenters. The molecule has 0 aliphatic heterocycles. The smallest absolute Gasteiger partial charge is 0.162 e. The van der Waals surface area contributed by atoms with E-state index in [1.807, 2.05) is 13.0 Å². The molecule has 0 saturated heterocycles. The van der Waals surface area contributed by atoms with E-state index in [4.69, 9.17) is 5.26 Å². The predicted octanol–water partition coefficient (Wildman–Crippen LogP) is 2.10. The second-order valence-electron chi connectivity index (χ2n) is 3.52. The Kier molecular flexibility index (Phi) is 3.07. The number of carbonyl (C=O) groups excluding carboxylic acids is 1. The Morgan fingerprint density at radius 3 is 2.85 bits per heavy atom. The molecule has 70 valence electrons. The molecule has 3 nitrogen and oxygen atoms in total. The van der Waals surface area contributed by atoms with Crippen LogP contribution in [-0.4, -0.2) is 10.9 Å². The summed E-state index contributed by atoms with van der Waals surface area (Å²) in [5, 5.41) is 17.8. The average molecular weight is 179 g/mol. The van der Waals surface area contributed by atoms with Gasteiger partial charge < -0.3 is 5.11 Å². The molecule has 3 heteroatoms. The van der Waals surface area contributed by atoms with E-state index < -0.39 is 0 Å². The Labute approximate surface area is 77.7 Å².